The van der Waals surface area contributed by atoms with Crippen molar-refractivity contribution in [2.24, 2.45) is 0 Å². The Bertz CT molecular complexity index is 956. The summed E-state index contributed by atoms with van der Waals surface area (Å²) in [5, 5.41) is 6.75. The quantitative estimate of drug-likeness (QED) is 0.535. The lowest BCUT2D eigenvalue weighted by Gasteiger charge is -2.19. The number of anilines is 2. The molecule has 3 aromatic rings. The number of hydrogen-bond donors (Lipinski definition) is 2. The highest BCUT2D eigenvalue weighted by atomic mass is 16.5. The summed E-state index contributed by atoms with van der Waals surface area (Å²) in [7, 11) is 2.01. The van der Waals surface area contributed by atoms with Gasteiger partial charge < -0.3 is 20.3 Å². The van der Waals surface area contributed by atoms with Gasteiger partial charge in [-0.2, -0.15) is 9.97 Å². The van der Waals surface area contributed by atoms with Crippen molar-refractivity contribution in [1.29, 1.82) is 0 Å². The van der Waals surface area contributed by atoms with Crippen molar-refractivity contribution in [3.8, 4) is 5.95 Å². The van der Waals surface area contributed by atoms with Gasteiger partial charge in [-0.25, -0.2) is 4.98 Å². The van der Waals surface area contributed by atoms with E-state index in [4.69, 9.17) is 14.7 Å². The van der Waals surface area contributed by atoms with E-state index in [0.29, 0.717) is 25.1 Å². The van der Waals surface area contributed by atoms with Gasteiger partial charge in [0.15, 0.2) is 0 Å². The molecule has 1 saturated heterocycles. The van der Waals surface area contributed by atoms with Gasteiger partial charge in [-0.3, -0.25) is 4.57 Å². The first-order chi connectivity index (χ1) is 15.1. The standard InChI is InChI=1S/C21H29N7O.C2H6/c1-15(2)29-11-9-23-19-12-20(27-10-8-16(13-27)22-3)26-21(25-19)28-14-24-17-6-4-5-7-18(17)28;1-2/h4-7,12,14-16,22H,8-11,13H2,1-3H3,(H,23,25,26);1-2H3. The Hall–Kier alpha value is -2.71. The second-order valence-electron chi connectivity index (χ2n) is 7.58. The lowest BCUT2D eigenvalue weighted by Crippen LogP contribution is -2.30. The van der Waals surface area contributed by atoms with Gasteiger partial charge in [0.25, 0.3) is 0 Å². The summed E-state index contributed by atoms with van der Waals surface area (Å²) < 4.78 is 7.59. The zero-order valence-corrected chi connectivity index (χ0v) is 19.3. The van der Waals surface area contributed by atoms with Gasteiger partial charge in [0, 0.05) is 31.7 Å². The lowest BCUT2D eigenvalue weighted by molar-refractivity contribution is 0.0870. The summed E-state index contributed by atoms with van der Waals surface area (Å²) in [4.78, 5) is 16.4. The van der Waals surface area contributed by atoms with E-state index in [9.17, 15) is 0 Å². The zero-order valence-electron chi connectivity index (χ0n) is 19.3. The smallest absolute Gasteiger partial charge is 0.239 e. The third-order valence-electron chi connectivity index (χ3n) is 5.15. The van der Waals surface area contributed by atoms with Crippen LogP contribution in [-0.2, 0) is 4.74 Å². The summed E-state index contributed by atoms with van der Waals surface area (Å²) >= 11 is 0. The topological polar surface area (TPSA) is 80.1 Å². The first kappa shape index (κ1) is 23.0. The number of rotatable bonds is 8. The first-order valence-corrected chi connectivity index (χ1v) is 11.2. The summed E-state index contributed by atoms with van der Waals surface area (Å²) in [6.07, 6.45) is 3.11. The normalized spacial score (nSPS) is 15.9. The van der Waals surface area contributed by atoms with E-state index in [1.165, 1.54) is 0 Å². The molecule has 0 spiro atoms. The van der Waals surface area contributed by atoms with E-state index < -0.39 is 0 Å². The molecule has 2 N–H and O–H groups in total. The molecular weight excluding hydrogens is 390 g/mol. The van der Waals surface area contributed by atoms with Crippen LogP contribution in [0.2, 0.25) is 0 Å². The Labute approximate surface area is 185 Å². The van der Waals surface area contributed by atoms with Gasteiger partial charge in [-0.15, -0.1) is 0 Å². The third-order valence-corrected chi connectivity index (χ3v) is 5.15. The SMILES string of the molecule is CC.CNC1CCN(c2cc(NCCOC(C)C)nc(-n3cnc4ccccc43)n2)C1. The van der Waals surface area contributed by atoms with E-state index in [0.717, 1.165) is 42.2 Å². The molecule has 8 heteroatoms. The predicted octanol–water partition coefficient (Wildman–Crippen LogP) is 3.48. The minimum atomic E-state index is 0.216. The van der Waals surface area contributed by atoms with E-state index in [1.807, 2.05) is 69.6 Å². The van der Waals surface area contributed by atoms with Gasteiger partial charge in [0.2, 0.25) is 5.95 Å². The van der Waals surface area contributed by atoms with Crippen LogP contribution in [0.15, 0.2) is 36.7 Å². The average Bonchev–Trinajstić information content (AvgIpc) is 3.45. The molecule has 0 radical (unpaired) electrons. The molecule has 2 aromatic heterocycles. The number of nitrogens with zero attached hydrogens (tertiary/aromatic N) is 5. The van der Waals surface area contributed by atoms with Gasteiger partial charge in [0.1, 0.15) is 18.0 Å². The highest BCUT2D eigenvalue weighted by Gasteiger charge is 2.23. The average molecular weight is 426 g/mol. The van der Waals surface area contributed by atoms with Crippen molar-refractivity contribution in [1.82, 2.24) is 24.8 Å². The van der Waals surface area contributed by atoms with Crippen LogP contribution in [-0.4, -0.2) is 65.0 Å². The summed E-state index contributed by atoms with van der Waals surface area (Å²) in [5.41, 5.74) is 1.92. The fourth-order valence-corrected chi connectivity index (χ4v) is 3.58. The number of imidazole rings is 1. The molecule has 0 aliphatic carbocycles. The number of benzene rings is 1. The Morgan fingerprint density at radius 2 is 2.00 bits per heavy atom. The highest BCUT2D eigenvalue weighted by Crippen LogP contribution is 2.24. The van der Waals surface area contributed by atoms with Crippen LogP contribution in [0, 0.1) is 0 Å². The van der Waals surface area contributed by atoms with E-state index in [2.05, 4.69) is 20.5 Å². The van der Waals surface area contributed by atoms with Gasteiger partial charge in [-0.05, 0) is 39.4 Å². The molecule has 4 rings (SSSR count). The third kappa shape index (κ3) is 5.71. The lowest BCUT2D eigenvalue weighted by atomic mass is 10.3. The van der Waals surface area contributed by atoms with Crippen LogP contribution in [0.25, 0.3) is 17.0 Å². The minimum absolute atomic E-state index is 0.216. The maximum absolute atomic E-state index is 5.64. The first-order valence-electron chi connectivity index (χ1n) is 11.2. The monoisotopic (exact) mass is 425 g/mol. The number of nitrogens with one attached hydrogen (secondary N) is 2. The van der Waals surface area contributed by atoms with Crippen molar-refractivity contribution < 1.29 is 4.74 Å². The number of hydrogen-bond acceptors (Lipinski definition) is 7. The number of aromatic nitrogens is 4. The van der Waals surface area contributed by atoms with Crippen LogP contribution in [0.3, 0.4) is 0 Å². The molecular formula is C23H35N7O. The highest BCUT2D eigenvalue weighted by molar-refractivity contribution is 5.76. The maximum atomic E-state index is 5.64. The number of likely N-dealkylation sites (N-methyl/N-ethyl adjacent to an activating group) is 1. The van der Waals surface area contributed by atoms with Gasteiger partial charge in [-0.1, -0.05) is 26.0 Å². The van der Waals surface area contributed by atoms with Crippen molar-refractivity contribution in [3.63, 3.8) is 0 Å². The molecule has 31 heavy (non-hydrogen) atoms. The summed E-state index contributed by atoms with van der Waals surface area (Å²) in [5.74, 6) is 2.34. The van der Waals surface area contributed by atoms with Gasteiger partial charge in [0.05, 0.1) is 23.7 Å². The molecule has 3 heterocycles. The molecule has 1 fully saturated rings. The van der Waals surface area contributed by atoms with Crippen LogP contribution in [0.4, 0.5) is 11.6 Å². The molecule has 1 atom stereocenters. The van der Waals surface area contributed by atoms with E-state index in [1.54, 1.807) is 6.33 Å². The van der Waals surface area contributed by atoms with Crippen molar-refractivity contribution >= 4 is 22.7 Å². The maximum Gasteiger partial charge on any atom is 0.239 e. The predicted molar refractivity (Wildman–Crippen MR) is 127 cm³/mol. The Kier molecular flexibility index (Phi) is 8.20. The van der Waals surface area contributed by atoms with Crippen molar-refractivity contribution in [3.05, 3.63) is 36.7 Å². The van der Waals surface area contributed by atoms with Crippen molar-refractivity contribution in [2.45, 2.75) is 46.3 Å². The Morgan fingerprint density at radius 1 is 1.19 bits per heavy atom. The zero-order chi connectivity index (χ0) is 22.2. The van der Waals surface area contributed by atoms with E-state index in [-0.39, 0.29) is 6.10 Å². The van der Waals surface area contributed by atoms with Crippen LogP contribution in [0.5, 0.6) is 0 Å². The van der Waals surface area contributed by atoms with Crippen molar-refractivity contribution in [2.75, 3.05) is 43.5 Å². The van der Waals surface area contributed by atoms with Crippen LogP contribution in [0.1, 0.15) is 34.1 Å². The van der Waals surface area contributed by atoms with E-state index >= 15 is 0 Å². The van der Waals surface area contributed by atoms with Crippen LogP contribution >= 0.6 is 0 Å². The number of fused-ring (bicyclic) bond motifs is 1. The fourth-order valence-electron chi connectivity index (χ4n) is 3.58. The molecule has 1 aliphatic heterocycles. The second kappa shape index (κ2) is 11.1. The van der Waals surface area contributed by atoms with Gasteiger partial charge >= 0.3 is 0 Å². The second-order valence-corrected chi connectivity index (χ2v) is 7.58. The van der Waals surface area contributed by atoms with Crippen LogP contribution < -0.4 is 15.5 Å². The fraction of sp³-hybridized carbons (Fsp3) is 0.522. The molecule has 0 amide bonds. The molecule has 1 aromatic carbocycles. The number of para-hydroxylation sites is 2. The summed E-state index contributed by atoms with van der Waals surface area (Å²) in [6.45, 7) is 11.3. The minimum Gasteiger partial charge on any atom is -0.377 e. The molecule has 168 valence electrons. The molecule has 8 nitrogen and oxygen atoms in total. The Morgan fingerprint density at radius 3 is 2.74 bits per heavy atom. The molecule has 1 aliphatic rings. The Balaban J connectivity index is 0.00000132. The largest absolute Gasteiger partial charge is 0.377 e. The summed E-state index contributed by atoms with van der Waals surface area (Å²) in [6, 6.07) is 10.5. The molecule has 0 saturated carbocycles. The molecule has 0 bridgehead atoms. The molecule has 1 unspecified atom stereocenters. The number of ether oxygens (including phenoxy) is 1.